The van der Waals surface area contributed by atoms with Crippen LogP contribution in [0.2, 0.25) is 5.02 Å². The fourth-order valence-electron chi connectivity index (χ4n) is 2.45. The maximum atomic E-state index is 13.9. The maximum absolute atomic E-state index is 13.9. The van der Waals surface area contributed by atoms with Crippen LogP contribution < -0.4 is 5.32 Å². The highest BCUT2D eigenvalue weighted by Crippen LogP contribution is 2.21. The van der Waals surface area contributed by atoms with Gasteiger partial charge in [-0.1, -0.05) is 37.6 Å². The second kappa shape index (κ2) is 7.62. The van der Waals surface area contributed by atoms with Gasteiger partial charge >= 0.3 is 0 Å². The van der Waals surface area contributed by atoms with Crippen molar-refractivity contribution in [3.63, 3.8) is 0 Å². The topological polar surface area (TPSA) is 17.0 Å². The fraction of sp³-hybridized carbons (Fsp3) is 0.412. The van der Waals surface area contributed by atoms with Gasteiger partial charge in [-0.3, -0.25) is 0 Å². The van der Waals surface area contributed by atoms with E-state index in [0.29, 0.717) is 18.2 Å². The van der Waals surface area contributed by atoms with Crippen LogP contribution in [0.5, 0.6) is 0 Å². The average molecular weight is 309 g/mol. The van der Waals surface area contributed by atoms with Gasteiger partial charge in [0.2, 0.25) is 0 Å². The molecule has 1 N–H and O–H groups in total. The predicted molar refractivity (Wildman–Crippen MR) is 86.3 cm³/mol. The van der Waals surface area contributed by atoms with E-state index >= 15 is 0 Å². The molecule has 21 heavy (non-hydrogen) atoms. The summed E-state index contributed by atoms with van der Waals surface area (Å²) in [6, 6.07) is 7.58. The van der Waals surface area contributed by atoms with Crippen LogP contribution in [-0.2, 0) is 6.54 Å². The average Bonchev–Trinajstić information content (AvgIpc) is 2.93. The summed E-state index contributed by atoms with van der Waals surface area (Å²) >= 11 is 5.82. The Bertz CT molecular complexity index is 580. The maximum Gasteiger partial charge on any atom is 0.146 e. The highest BCUT2D eigenvalue weighted by atomic mass is 35.5. The zero-order valence-electron chi connectivity index (χ0n) is 12.6. The highest BCUT2D eigenvalue weighted by Gasteiger charge is 2.11. The Balaban J connectivity index is 2.10. The SMILES string of the molecule is CCCNC(CC)c1ccn(Cc2cccc(Cl)c2F)c1. The van der Waals surface area contributed by atoms with E-state index in [2.05, 4.69) is 31.4 Å². The lowest BCUT2D eigenvalue weighted by molar-refractivity contribution is 0.517. The van der Waals surface area contributed by atoms with Crippen LogP contribution in [0.15, 0.2) is 36.7 Å². The molecule has 0 bridgehead atoms. The molecule has 1 aromatic heterocycles. The van der Waals surface area contributed by atoms with Crippen molar-refractivity contribution >= 4 is 11.6 Å². The molecule has 2 rings (SSSR count). The van der Waals surface area contributed by atoms with Crippen molar-refractivity contribution in [2.75, 3.05) is 6.54 Å². The number of hydrogen-bond donors (Lipinski definition) is 1. The number of halogens is 2. The van der Waals surface area contributed by atoms with Gasteiger partial charge in [-0.15, -0.1) is 0 Å². The second-order valence-electron chi connectivity index (χ2n) is 5.25. The first kappa shape index (κ1) is 16.1. The molecule has 1 aromatic carbocycles. The Morgan fingerprint density at radius 3 is 2.81 bits per heavy atom. The molecule has 1 unspecified atom stereocenters. The number of benzene rings is 1. The molecule has 0 aliphatic heterocycles. The van der Waals surface area contributed by atoms with E-state index in [1.165, 1.54) is 5.56 Å². The third-order valence-corrected chi connectivity index (χ3v) is 3.90. The van der Waals surface area contributed by atoms with Gasteiger partial charge < -0.3 is 9.88 Å². The molecule has 0 saturated heterocycles. The minimum Gasteiger partial charge on any atom is -0.349 e. The first-order chi connectivity index (χ1) is 10.2. The molecule has 1 heterocycles. The standard InChI is InChI=1S/C17H22ClFN2/c1-3-9-20-16(4-2)13-8-10-21(11-13)12-14-6-5-7-15(18)17(14)19/h5-8,10-11,16,20H,3-4,9,12H2,1-2H3. The van der Waals surface area contributed by atoms with Crippen molar-refractivity contribution < 1.29 is 4.39 Å². The minimum absolute atomic E-state index is 0.177. The van der Waals surface area contributed by atoms with E-state index in [1.807, 2.05) is 10.8 Å². The Kier molecular flexibility index (Phi) is 5.83. The summed E-state index contributed by atoms with van der Waals surface area (Å²) in [5.74, 6) is -0.328. The molecule has 0 amide bonds. The van der Waals surface area contributed by atoms with E-state index < -0.39 is 0 Å². The van der Waals surface area contributed by atoms with Gasteiger partial charge in [0.15, 0.2) is 0 Å². The van der Waals surface area contributed by atoms with Crippen molar-refractivity contribution in [2.24, 2.45) is 0 Å². The Hall–Kier alpha value is -1.32. The van der Waals surface area contributed by atoms with Crippen LogP contribution in [-0.4, -0.2) is 11.1 Å². The lowest BCUT2D eigenvalue weighted by Crippen LogP contribution is -2.21. The molecule has 0 fully saturated rings. The first-order valence-electron chi connectivity index (χ1n) is 7.47. The van der Waals surface area contributed by atoms with Gasteiger partial charge in [0, 0.05) is 30.5 Å². The molecular weight excluding hydrogens is 287 g/mol. The Morgan fingerprint density at radius 1 is 1.29 bits per heavy atom. The van der Waals surface area contributed by atoms with Crippen LogP contribution in [0.4, 0.5) is 4.39 Å². The van der Waals surface area contributed by atoms with E-state index in [1.54, 1.807) is 18.2 Å². The molecule has 0 spiro atoms. The highest BCUT2D eigenvalue weighted by molar-refractivity contribution is 6.30. The lowest BCUT2D eigenvalue weighted by Gasteiger charge is -2.15. The summed E-state index contributed by atoms with van der Waals surface area (Å²) in [5.41, 5.74) is 1.85. The van der Waals surface area contributed by atoms with Gasteiger partial charge in [-0.2, -0.15) is 0 Å². The third kappa shape index (κ3) is 4.08. The molecule has 4 heteroatoms. The molecule has 0 radical (unpaired) electrons. The molecule has 0 aliphatic carbocycles. The quantitative estimate of drug-likeness (QED) is 0.779. The summed E-state index contributed by atoms with van der Waals surface area (Å²) < 4.78 is 15.9. The van der Waals surface area contributed by atoms with Crippen LogP contribution in [0.25, 0.3) is 0 Å². The largest absolute Gasteiger partial charge is 0.349 e. The van der Waals surface area contributed by atoms with E-state index in [-0.39, 0.29) is 10.8 Å². The molecule has 2 nitrogen and oxygen atoms in total. The van der Waals surface area contributed by atoms with Crippen LogP contribution >= 0.6 is 11.6 Å². The molecule has 114 valence electrons. The zero-order valence-corrected chi connectivity index (χ0v) is 13.3. The van der Waals surface area contributed by atoms with Crippen LogP contribution in [0.3, 0.4) is 0 Å². The van der Waals surface area contributed by atoms with Crippen LogP contribution in [0, 0.1) is 5.82 Å². The molecule has 2 aromatic rings. The molecular formula is C17H22ClFN2. The first-order valence-corrected chi connectivity index (χ1v) is 7.85. The predicted octanol–water partition coefficient (Wildman–Crippen LogP) is 4.78. The van der Waals surface area contributed by atoms with E-state index in [0.717, 1.165) is 19.4 Å². The van der Waals surface area contributed by atoms with Gasteiger partial charge in [0.1, 0.15) is 5.82 Å². The van der Waals surface area contributed by atoms with Gasteiger partial charge in [-0.25, -0.2) is 4.39 Å². The smallest absolute Gasteiger partial charge is 0.146 e. The second-order valence-corrected chi connectivity index (χ2v) is 5.65. The summed E-state index contributed by atoms with van der Waals surface area (Å²) in [5, 5.41) is 3.70. The number of nitrogens with zero attached hydrogens (tertiary/aromatic N) is 1. The third-order valence-electron chi connectivity index (χ3n) is 3.61. The summed E-state index contributed by atoms with van der Waals surface area (Å²) in [7, 11) is 0. The van der Waals surface area contributed by atoms with E-state index in [9.17, 15) is 4.39 Å². The summed E-state index contributed by atoms with van der Waals surface area (Å²) in [6.07, 6.45) is 6.23. The van der Waals surface area contributed by atoms with Crippen molar-refractivity contribution in [1.29, 1.82) is 0 Å². The zero-order chi connectivity index (χ0) is 15.2. The Labute approximate surface area is 130 Å². The molecule has 0 saturated carbocycles. The number of nitrogens with one attached hydrogen (secondary N) is 1. The van der Waals surface area contributed by atoms with Gasteiger partial charge in [0.25, 0.3) is 0 Å². The van der Waals surface area contributed by atoms with Crippen molar-refractivity contribution in [2.45, 2.75) is 39.3 Å². The molecule has 1 atom stereocenters. The fourth-order valence-corrected chi connectivity index (χ4v) is 2.64. The van der Waals surface area contributed by atoms with E-state index in [4.69, 9.17) is 11.6 Å². The lowest BCUT2D eigenvalue weighted by atomic mass is 10.1. The summed E-state index contributed by atoms with van der Waals surface area (Å²) in [6.45, 7) is 5.83. The van der Waals surface area contributed by atoms with Crippen molar-refractivity contribution in [3.8, 4) is 0 Å². The van der Waals surface area contributed by atoms with Crippen molar-refractivity contribution in [1.82, 2.24) is 9.88 Å². The summed E-state index contributed by atoms with van der Waals surface area (Å²) in [4.78, 5) is 0. The van der Waals surface area contributed by atoms with Crippen LogP contribution in [0.1, 0.15) is 43.9 Å². The van der Waals surface area contributed by atoms with Crippen molar-refractivity contribution in [3.05, 3.63) is 58.6 Å². The van der Waals surface area contributed by atoms with Gasteiger partial charge in [0.05, 0.1) is 5.02 Å². The number of hydrogen-bond acceptors (Lipinski definition) is 1. The minimum atomic E-state index is -0.328. The molecule has 0 aliphatic rings. The van der Waals surface area contributed by atoms with Gasteiger partial charge in [-0.05, 0) is 37.1 Å². The number of rotatable bonds is 7. The normalized spacial score (nSPS) is 12.6. The Morgan fingerprint density at radius 2 is 2.10 bits per heavy atom. The monoisotopic (exact) mass is 308 g/mol. The number of aromatic nitrogens is 1.